The summed E-state index contributed by atoms with van der Waals surface area (Å²) in [6.07, 6.45) is -0.489. The van der Waals surface area contributed by atoms with Crippen LogP contribution < -0.4 is 10.1 Å². The van der Waals surface area contributed by atoms with Gasteiger partial charge in [0.1, 0.15) is 18.5 Å². The van der Waals surface area contributed by atoms with Crippen molar-refractivity contribution >= 4 is 17.7 Å². The summed E-state index contributed by atoms with van der Waals surface area (Å²) in [6, 6.07) is 7.88. The first-order valence-corrected chi connectivity index (χ1v) is 10.0. The van der Waals surface area contributed by atoms with Crippen LogP contribution in [0.3, 0.4) is 0 Å². The van der Waals surface area contributed by atoms with E-state index in [1.165, 1.54) is 0 Å². The monoisotopic (exact) mass is 365 g/mol. The van der Waals surface area contributed by atoms with Gasteiger partial charge in [0.2, 0.25) is 5.91 Å². The van der Waals surface area contributed by atoms with Crippen molar-refractivity contribution in [3.8, 4) is 5.75 Å². The Kier molecular flexibility index (Phi) is 6.98. The smallest absolute Gasteiger partial charge is 0.234 e. The second-order valence-corrected chi connectivity index (χ2v) is 7.77. The Bertz CT molecular complexity index is 566. The number of ether oxygens (including phenoxy) is 1. The summed E-state index contributed by atoms with van der Waals surface area (Å²) in [7, 11) is 0. The van der Waals surface area contributed by atoms with Crippen molar-refractivity contribution in [2.24, 2.45) is 0 Å². The van der Waals surface area contributed by atoms with Crippen molar-refractivity contribution in [3.63, 3.8) is 0 Å². The predicted molar refractivity (Wildman–Crippen MR) is 100.0 cm³/mol. The lowest BCUT2D eigenvalue weighted by atomic mass is 10.1. The van der Waals surface area contributed by atoms with Crippen LogP contribution in [-0.2, 0) is 11.3 Å². The maximum Gasteiger partial charge on any atom is 0.234 e. The number of thioether (sulfide) groups is 1. The molecule has 2 N–H and O–H groups in total. The van der Waals surface area contributed by atoms with Crippen LogP contribution in [0.25, 0.3) is 0 Å². The Morgan fingerprint density at radius 3 is 2.80 bits per heavy atom. The molecule has 0 radical (unpaired) electrons. The summed E-state index contributed by atoms with van der Waals surface area (Å²) in [5.74, 6) is 3.14. The van der Waals surface area contributed by atoms with Gasteiger partial charge in [-0.2, -0.15) is 11.8 Å². The van der Waals surface area contributed by atoms with E-state index in [9.17, 15) is 9.90 Å². The fourth-order valence-electron chi connectivity index (χ4n) is 3.16. The number of nitrogens with one attached hydrogen (secondary N) is 1. The van der Waals surface area contributed by atoms with Gasteiger partial charge in [0.05, 0.1) is 6.54 Å². The highest BCUT2D eigenvalue weighted by Crippen LogP contribution is 2.20. The van der Waals surface area contributed by atoms with Crippen molar-refractivity contribution in [1.82, 2.24) is 15.1 Å². The van der Waals surface area contributed by atoms with Crippen LogP contribution in [0.1, 0.15) is 5.56 Å². The van der Waals surface area contributed by atoms with Crippen molar-refractivity contribution in [1.29, 1.82) is 0 Å². The number of rotatable bonds is 7. The minimum Gasteiger partial charge on any atom is -0.491 e. The number of carbonyl (C=O) groups is 1. The number of hydrogen-bond donors (Lipinski definition) is 2. The molecule has 1 atom stereocenters. The number of aliphatic hydroxyl groups is 1. The van der Waals surface area contributed by atoms with Gasteiger partial charge in [-0.3, -0.25) is 14.6 Å². The molecule has 0 aliphatic carbocycles. The number of hydrogen-bond acceptors (Lipinski definition) is 6. The summed E-state index contributed by atoms with van der Waals surface area (Å²) in [4.78, 5) is 15.9. The lowest BCUT2D eigenvalue weighted by Crippen LogP contribution is -2.47. The second kappa shape index (κ2) is 9.43. The van der Waals surface area contributed by atoms with Crippen molar-refractivity contribution in [2.45, 2.75) is 12.6 Å². The van der Waals surface area contributed by atoms with E-state index >= 15 is 0 Å². The molecule has 6 nitrogen and oxygen atoms in total. The molecule has 3 rings (SSSR count). The van der Waals surface area contributed by atoms with Gasteiger partial charge in [-0.15, -0.1) is 0 Å². The molecule has 2 aliphatic rings. The lowest BCUT2D eigenvalue weighted by molar-refractivity contribution is -0.124. The molecule has 1 amide bonds. The zero-order valence-corrected chi connectivity index (χ0v) is 15.3. The first-order chi connectivity index (χ1) is 12.2. The van der Waals surface area contributed by atoms with E-state index in [1.54, 1.807) is 0 Å². The predicted octanol–water partition coefficient (Wildman–Crippen LogP) is 0.407. The van der Waals surface area contributed by atoms with Crippen molar-refractivity contribution in [2.75, 3.05) is 57.4 Å². The van der Waals surface area contributed by atoms with Crippen LogP contribution >= 0.6 is 11.8 Å². The van der Waals surface area contributed by atoms with Crippen molar-refractivity contribution in [3.05, 3.63) is 29.8 Å². The molecule has 0 bridgehead atoms. The molecule has 2 aliphatic heterocycles. The maximum absolute atomic E-state index is 11.5. The summed E-state index contributed by atoms with van der Waals surface area (Å²) in [6.45, 7) is 5.66. The number of benzene rings is 1. The summed E-state index contributed by atoms with van der Waals surface area (Å²) in [5, 5.41) is 13.1. The number of β-amino-alcohol motifs (C(OH)–C–C–N with tert-alkyl or cyclic N) is 1. The largest absolute Gasteiger partial charge is 0.491 e. The number of para-hydroxylation sites is 1. The third-order valence-corrected chi connectivity index (χ3v) is 5.43. The van der Waals surface area contributed by atoms with Gasteiger partial charge in [0, 0.05) is 56.3 Å². The van der Waals surface area contributed by atoms with Crippen LogP contribution in [0.15, 0.2) is 24.3 Å². The van der Waals surface area contributed by atoms with E-state index in [4.69, 9.17) is 4.74 Å². The minimum absolute atomic E-state index is 0.0692. The number of piperazine rings is 1. The van der Waals surface area contributed by atoms with Crippen LogP contribution in [0.4, 0.5) is 0 Å². The lowest BCUT2D eigenvalue weighted by Gasteiger charge is -2.29. The number of amides is 1. The second-order valence-electron chi connectivity index (χ2n) is 6.55. The molecule has 1 aromatic carbocycles. The van der Waals surface area contributed by atoms with E-state index in [2.05, 4.69) is 15.1 Å². The van der Waals surface area contributed by atoms with Crippen LogP contribution in [-0.4, -0.2) is 84.3 Å². The molecule has 0 aromatic heterocycles. The van der Waals surface area contributed by atoms with E-state index in [-0.39, 0.29) is 5.91 Å². The van der Waals surface area contributed by atoms with E-state index in [0.717, 1.165) is 42.5 Å². The van der Waals surface area contributed by atoms with Gasteiger partial charge >= 0.3 is 0 Å². The molecule has 138 valence electrons. The highest BCUT2D eigenvalue weighted by molar-refractivity contribution is 7.99. The molecule has 2 saturated heterocycles. The Labute approximate surface area is 153 Å². The van der Waals surface area contributed by atoms with E-state index < -0.39 is 6.10 Å². The Balaban J connectivity index is 1.50. The molecule has 25 heavy (non-hydrogen) atoms. The Morgan fingerprint density at radius 2 is 2.00 bits per heavy atom. The highest BCUT2D eigenvalue weighted by atomic mass is 32.2. The fourth-order valence-corrected chi connectivity index (χ4v) is 4.14. The zero-order chi connectivity index (χ0) is 17.5. The first-order valence-electron chi connectivity index (χ1n) is 8.88. The van der Waals surface area contributed by atoms with Gasteiger partial charge in [-0.05, 0) is 6.07 Å². The number of carbonyl (C=O) groups excluding carboxylic acids is 1. The SMILES string of the molecule is O=C1CN(Cc2ccccc2OC[C@@H](O)CN2CCSCC2)CCN1. The van der Waals surface area contributed by atoms with Crippen LogP contribution in [0, 0.1) is 0 Å². The molecular formula is C18H27N3O3S. The molecule has 2 heterocycles. The van der Waals surface area contributed by atoms with Gasteiger partial charge < -0.3 is 15.2 Å². The highest BCUT2D eigenvalue weighted by Gasteiger charge is 2.19. The average molecular weight is 365 g/mol. The van der Waals surface area contributed by atoms with Gasteiger partial charge in [0.15, 0.2) is 0 Å². The average Bonchev–Trinajstić information content (AvgIpc) is 2.62. The third kappa shape index (κ3) is 5.88. The summed E-state index contributed by atoms with van der Waals surface area (Å²) in [5.41, 5.74) is 1.05. The normalized spacial score (nSPS) is 20.9. The summed E-state index contributed by atoms with van der Waals surface area (Å²) < 4.78 is 5.90. The zero-order valence-electron chi connectivity index (χ0n) is 14.5. The first kappa shape index (κ1) is 18.5. The maximum atomic E-state index is 11.5. The molecule has 1 aromatic rings. The van der Waals surface area contributed by atoms with E-state index in [0.29, 0.717) is 32.8 Å². The third-order valence-electron chi connectivity index (χ3n) is 4.49. The minimum atomic E-state index is -0.489. The Morgan fingerprint density at radius 1 is 1.20 bits per heavy atom. The van der Waals surface area contributed by atoms with Crippen molar-refractivity contribution < 1.29 is 14.6 Å². The van der Waals surface area contributed by atoms with Gasteiger partial charge in [-0.1, -0.05) is 18.2 Å². The van der Waals surface area contributed by atoms with E-state index in [1.807, 2.05) is 36.0 Å². The molecule has 0 unspecified atom stereocenters. The van der Waals surface area contributed by atoms with Crippen LogP contribution in [0.5, 0.6) is 5.75 Å². The topological polar surface area (TPSA) is 65.0 Å². The van der Waals surface area contributed by atoms with Crippen LogP contribution in [0.2, 0.25) is 0 Å². The quantitative estimate of drug-likeness (QED) is 0.730. The van der Waals surface area contributed by atoms with Gasteiger partial charge in [0.25, 0.3) is 0 Å². The fraction of sp³-hybridized carbons (Fsp3) is 0.611. The molecule has 0 spiro atoms. The molecule has 2 fully saturated rings. The summed E-state index contributed by atoms with van der Waals surface area (Å²) >= 11 is 1.97. The van der Waals surface area contributed by atoms with Gasteiger partial charge in [-0.25, -0.2) is 0 Å². The standard InChI is InChI=1S/C18H27N3O3S/c22-16(12-20-7-9-25-10-8-20)14-24-17-4-2-1-3-15(17)11-21-6-5-19-18(23)13-21/h1-4,16,22H,5-14H2,(H,19,23)/t16-/m0/s1. The number of nitrogens with zero attached hydrogens (tertiary/aromatic N) is 2. The molecule has 7 heteroatoms. The molecule has 0 saturated carbocycles. The molecular weight excluding hydrogens is 338 g/mol. The number of aliphatic hydroxyl groups excluding tert-OH is 1. The Hall–Kier alpha value is -1.28.